The average Bonchev–Trinajstić information content (AvgIpc) is 3.41. The van der Waals surface area contributed by atoms with Crippen LogP contribution >= 0.6 is 15.9 Å². The van der Waals surface area contributed by atoms with E-state index in [1.165, 1.54) is 6.33 Å². The van der Waals surface area contributed by atoms with Gasteiger partial charge < -0.3 is 19.7 Å². The number of hydrogen-bond donors (Lipinski definition) is 1. The summed E-state index contributed by atoms with van der Waals surface area (Å²) in [5, 5.41) is 8.41. The molecule has 0 fully saturated rings. The van der Waals surface area contributed by atoms with Gasteiger partial charge in [-0.3, -0.25) is 9.48 Å². The number of carbonyl (C=O) groups excluding carboxylic acids is 1. The zero-order valence-corrected chi connectivity index (χ0v) is 20.6. The van der Waals surface area contributed by atoms with E-state index in [1.54, 1.807) is 25.1 Å². The fraction of sp³-hybridized carbons (Fsp3) is 0.250. The van der Waals surface area contributed by atoms with Crippen LogP contribution in [0.4, 0.5) is 17.2 Å². The van der Waals surface area contributed by atoms with Crippen LogP contribution in [0.2, 0.25) is 0 Å². The van der Waals surface area contributed by atoms with Crippen LogP contribution in [0, 0.1) is 0 Å². The molecule has 1 N–H and O–H groups in total. The number of nitrogens with one attached hydrogen (secondary N) is 1. The molecular formula is C24H23BrN6O3. The number of anilines is 3. The number of methoxy groups -OCH3 is 2. The summed E-state index contributed by atoms with van der Waals surface area (Å²) >= 11 is 3.47. The highest BCUT2D eigenvalue weighted by Gasteiger charge is 2.26. The predicted molar refractivity (Wildman–Crippen MR) is 133 cm³/mol. The number of hydrogen-bond acceptors (Lipinski definition) is 7. The number of ether oxygens (including phenoxy) is 2. The highest BCUT2D eigenvalue weighted by molar-refractivity contribution is 9.10. The molecule has 0 spiro atoms. The summed E-state index contributed by atoms with van der Waals surface area (Å²) in [5.41, 5.74) is 4.54. The van der Waals surface area contributed by atoms with Gasteiger partial charge in [-0.15, -0.1) is 0 Å². The van der Waals surface area contributed by atoms with Crippen LogP contribution in [0.25, 0.3) is 10.9 Å². The number of benzene rings is 2. The van der Waals surface area contributed by atoms with E-state index in [2.05, 4.69) is 42.4 Å². The van der Waals surface area contributed by atoms with Crippen LogP contribution in [0.15, 0.2) is 47.3 Å². The fourth-order valence-electron chi connectivity index (χ4n) is 4.23. The third-order valence-corrected chi connectivity index (χ3v) is 6.67. The van der Waals surface area contributed by atoms with Gasteiger partial charge in [0, 0.05) is 36.4 Å². The lowest BCUT2D eigenvalue weighted by Crippen LogP contribution is -2.31. The smallest absolute Gasteiger partial charge is 0.233 e. The molecule has 4 aromatic rings. The van der Waals surface area contributed by atoms with Crippen molar-refractivity contribution in [2.24, 2.45) is 7.05 Å². The number of aromatic nitrogens is 4. The summed E-state index contributed by atoms with van der Waals surface area (Å²) in [6.45, 7) is 0.653. The third kappa shape index (κ3) is 3.94. The quantitative estimate of drug-likeness (QED) is 0.408. The highest BCUT2D eigenvalue weighted by Crippen LogP contribution is 2.36. The normalized spacial score (nSPS) is 12.6. The largest absolute Gasteiger partial charge is 0.493 e. The van der Waals surface area contributed by atoms with Gasteiger partial charge in [-0.2, -0.15) is 5.10 Å². The molecule has 0 saturated carbocycles. The molecule has 2 aromatic heterocycles. The van der Waals surface area contributed by atoms with Crippen molar-refractivity contribution in [3.05, 3.63) is 58.6 Å². The molecular weight excluding hydrogens is 500 g/mol. The lowest BCUT2D eigenvalue weighted by molar-refractivity contribution is -0.118. The molecule has 0 saturated heterocycles. The lowest BCUT2D eigenvalue weighted by atomic mass is 10.1. The second kappa shape index (κ2) is 8.94. The van der Waals surface area contributed by atoms with E-state index in [0.29, 0.717) is 23.9 Å². The Morgan fingerprint density at radius 1 is 1.15 bits per heavy atom. The minimum Gasteiger partial charge on any atom is -0.493 e. The predicted octanol–water partition coefficient (Wildman–Crippen LogP) is 4.02. The van der Waals surface area contributed by atoms with E-state index in [0.717, 1.165) is 44.4 Å². The molecule has 3 heterocycles. The molecule has 0 atom stereocenters. The molecule has 1 aliphatic rings. The van der Waals surface area contributed by atoms with Gasteiger partial charge in [-0.1, -0.05) is 0 Å². The highest BCUT2D eigenvalue weighted by atomic mass is 79.9. The Bertz CT molecular complexity index is 1380. The van der Waals surface area contributed by atoms with Crippen molar-refractivity contribution in [2.45, 2.75) is 12.8 Å². The van der Waals surface area contributed by atoms with Gasteiger partial charge in [0.05, 0.1) is 42.5 Å². The number of aryl methyl sites for hydroxylation is 1. The summed E-state index contributed by atoms with van der Waals surface area (Å²) in [4.78, 5) is 23.7. The summed E-state index contributed by atoms with van der Waals surface area (Å²) in [5.74, 6) is 1.93. The molecule has 2 aromatic carbocycles. The number of nitrogens with zero attached hydrogens (tertiary/aromatic N) is 5. The second-order valence-electron chi connectivity index (χ2n) is 7.95. The van der Waals surface area contributed by atoms with Crippen LogP contribution in [-0.2, 0) is 24.7 Å². The second-order valence-corrected chi connectivity index (χ2v) is 8.80. The van der Waals surface area contributed by atoms with Crippen LogP contribution in [0.1, 0.15) is 11.3 Å². The third-order valence-electron chi connectivity index (χ3n) is 6.01. The fourth-order valence-corrected chi connectivity index (χ4v) is 4.72. The number of halogens is 1. The maximum atomic E-state index is 13.0. The maximum Gasteiger partial charge on any atom is 0.233 e. The number of amides is 1. The van der Waals surface area contributed by atoms with E-state index >= 15 is 0 Å². The van der Waals surface area contributed by atoms with E-state index in [9.17, 15) is 4.79 Å². The van der Waals surface area contributed by atoms with Crippen LogP contribution in [0.3, 0.4) is 0 Å². The topological polar surface area (TPSA) is 94.4 Å². The molecule has 34 heavy (non-hydrogen) atoms. The Labute approximate surface area is 204 Å². The van der Waals surface area contributed by atoms with Gasteiger partial charge in [0.15, 0.2) is 11.5 Å². The van der Waals surface area contributed by atoms with Crippen LogP contribution in [-0.4, -0.2) is 46.4 Å². The Morgan fingerprint density at radius 3 is 2.68 bits per heavy atom. The average molecular weight is 523 g/mol. The number of carbonyl (C=O) groups is 1. The molecule has 0 bridgehead atoms. The Morgan fingerprint density at radius 2 is 1.94 bits per heavy atom. The van der Waals surface area contributed by atoms with E-state index in [1.807, 2.05) is 36.2 Å². The van der Waals surface area contributed by atoms with Gasteiger partial charge in [0.25, 0.3) is 0 Å². The zero-order valence-electron chi connectivity index (χ0n) is 19.0. The standard InChI is InChI=1S/C24H23BrN6O3/c1-30-20(17(25)12-28-30)11-23(32)31-7-6-14-8-15(4-5-19(14)31)29-24-16-9-21(33-2)22(34-3)10-18(16)26-13-27-24/h4-5,8-10,12-13H,6-7,11H2,1-3H3,(H,26,27,29). The first-order chi connectivity index (χ1) is 16.5. The van der Waals surface area contributed by atoms with E-state index < -0.39 is 0 Å². The van der Waals surface area contributed by atoms with Crippen LogP contribution < -0.4 is 19.7 Å². The summed E-state index contributed by atoms with van der Waals surface area (Å²) < 4.78 is 13.4. The number of rotatable bonds is 6. The molecule has 1 amide bonds. The number of fused-ring (bicyclic) bond motifs is 2. The minimum absolute atomic E-state index is 0.0478. The summed E-state index contributed by atoms with van der Waals surface area (Å²) in [6.07, 6.45) is 4.30. The van der Waals surface area contributed by atoms with Crippen molar-refractivity contribution in [1.82, 2.24) is 19.7 Å². The van der Waals surface area contributed by atoms with Crippen molar-refractivity contribution in [3.8, 4) is 11.5 Å². The molecule has 1 aliphatic heterocycles. The monoisotopic (exact) mass is 522 g/mol. The van der Waals surface area contributed by atoms with Gasteiger partial charge in [0.1, 0.15) is 12.1 Å². The molecule has 9 nitrogen and oxygen atoms in total. The van der Waals surface area contributed by atoms with E-state index in [-0.39, 0.29) is 12.3 Å². The Hall–Kier alpha value is -3.66. The molecule has 10 heteroatoms. The summed E-state index contributed by atoms with van der Waals surface area (Å²) in [6, 6.07) is 9.69. The first kappa shape index (κ1) is 22.1. The van der Waals surface area contributed by atoms with Crippen molar-refractivity contribution in [1.29, 1.82) is 0 Å². The Kier molecular flexibility index (Phi) is 5.82. The SMILES string of the molecule is COc1cc2ncnc(Nc3ccc4c(c3)CCN4C(=O)Cc3c(Br)cnn3C)c2cc1OC. The Balaban J connectivity index is 1.40. The van der Waals surface area contributed by atoms with Crippen molar-refractivity contribution < 1.29 is 14.3 Å². The van der Waals surface area contributed by atoms with Gasteiger partial charge in [-0.25, -0.2) is 9.97 Å². The lowest BCUT2D eigenvalue weighted by Gasteiger charge is -2.18. The van der Waals surface area contributed by atoms with E-state index in [4.69, 9.17) is 9.47 Å². The minimum atomic E-state index is 0.0478. The zero-order chi connectivity index (χ0) is 23.8. The van der Waals surface area contributed by atoms with Crippen molar-refractivity contribution in [3.63, 3.8) is 0 Å². The molecule has 0 unspecified atom stereocenters. The van der Waals surface area contributed by atoms with Gasteiger partial charge in [0.2, 0.25) is 5.91 Å². The van der Waals surface area contributed by atoms with Gasteiger partial charge in [-0.05, 0) is 52.2 Å². The first-order valence-electron chi connectivity index (χ1n) is 10.7. The first-order valence-corrected chi connectivity index (χ1v) is 11.5. The molecule has 0 aliphatic carbocycles. The van der Waals surface area contributed by atoms with Crippen molar-refractivity contribution in [2.75, 3.05) is 31.0 Å². The molecule has 5 rings (SSSR count). The van der Waals surface area contributed by atoms with Gasteiger partial charge >= 0.3 is 0 Å². The van der Waals surface area contributed by atoms with Crippen molar-refractivity contribution >= 4 is 49.9 Å². The molecule has 0 radical (unpaired) electrons. The maximum absolute atomic E-state index is 13.0. The molecule has 174 valence electrons. The summed E-state index contributed by atoms with van der Waals surface area (Å²) in [7, 11) is 5.03. The van der Waals surface area contributed by atoms with Crippen LogP contribution in [0.5, 0.6) is 11.5 Å².